The van der Waals surface area contributed by atoms with Gasteiger partial charge in [-0.05, 0) is 0 Å². The molecular formula is C9H5Cl2N5. The van der Waals surface area contributed by atoms with Gasteiger partial charge < -0.3 is 5.73 Å². The van der Waals surface area contributed by atoms with Crippen LogP contribution in [0, 0.1) is 11.3 Å². The molecule has 2 aromatic heterocycles. The van der Waals surface area contributed by atoms with Crippen molar-refractivity contribution in [1.82, 2.24) is 14.8 Å². The lowest BCUT2D eigenvalue weighted by Gasteiger charge is -2.07. The maximum atomic E-state index is 8.76. The number of nitrogen functional groups attached to an aromatic ring is 1. The Bertz CT molecular complexity index is 564. The van der Waals surface area contributed by atoms with Crippen molar-refractivity contribution in [3.63, 3.8) is 0 Å². The first-order valence-electron chi connectivity index (χ1n) is 4.18. The summed E-state index contributed by atoms with van der Waals surface area (Å²) in [5.41, 5.74) is 6.41. The Labute approximate surface area is 101 Å². The van der Waals surface area contributed by atoms with Gasteiger partial charge in [-0.25, -0.2) is 4.68 Å². The molecule has 7 heteroatoms. The zero-order chi connectivity index (χ0) is 11.7. The first-order valence-corrected chi connectivity index (χ1v) is 4.93. The summed E-state index contributed by atoms with van der Waals surface area (Å²) in [6.07, 6.45) is 4.20. The van der Waals surface area contributed by atoms with Gasteiger partial charge in [0.15, 0.2) is 0 Å². The number of hydrogen-bond donors (Lipinski definition) is 1. The van der Waals surface area contributed by atoms with E-state index in [0.29, 0.717) is 15.7 Å². The van der Waals surface area contributed by atoms with E-state index in [1.807, 2.05) is 6.07 Å². The van der Waals surface area contributed by atoms with E-state index in [2.05, 4.69) is 10.1 Å². The van der Waals surface area contributed by atoms with Crippen LogP contribution in [0.15, 0.2) is 18.6 Å². The molecule has 80 valence electrons. The molecule has 0 radical (unpaired) electrons. The summed E-state index contributed by atoms with van der Waals surface area (Å²) < 4.78 is 1.31. The minimum atomic E-state index is 0.192. The molecular weight excluding hydrogens is 249 g/mol. The van der Waals surface area contributed by atoms with Crippen molar-refractivity contribution < 1.29 is 0 Å². The summed E-state index contributed by atoms with van der Waals surface area (Å²) in [5.74, 6) is 0.192. The van der Waals surface area contributed by atoms with E-state index in [0.717, 1.165) is 0 Å². The molecule has 16 heavy (non-hydrogen) atoms. The highest BCUT2D eigenvalue weighted by Gasteiger charge is 2.14. The monoisotopic (exact) mass is 253 g/mol. The van der Waals surface area contributed by atoms with Gasteiger partial charge in [0.05, 0.1) is 16.2 Å². The Morgan fingerprint density at radius 3 is 2.38 bits per heavy atom. The Kier molecular flexibility index (Phi) is 2.69. The molecule has 0 amide bonds. The van der Waals surface area contributed by atoms with Crippen molar-refractivity contribution in [1.29, 1.82) is 5.26 Å². The lowest BCUT2D eigenvalue weighted by Crippen LogP contribution is -2.04. The number of nitriles is 1. The lowest BCUT2D eigenvalue weighted by molar-refractivity contribution is 0.888. The van der Waals surface area contributed by atoms with Gasteiger partial charge in [0.2, 0.25) is 0 Å². The first-order chi connectivity index (χ1) is 7.65. The third-order valence-corrected chi connectivity index (χ3v) is 2.52. The molecule has 0 saturated heterocycles. The summed E-state index contributed by atoms with van der Waals surface area (Å²) >= 11 is 11.9. The molecule has 0 aromatic carbocycles. The van der Waals surface area contributed by atoms with Crippen LogP contribution >= 0.6 is 23.2 Å². The molecule has 0 spiro atoms. The number of nitrogens with zero attached hydrogens (tertiary/aromatic N) is 4. The van der Waals surface area contributed by atoms with Crippen LogP contribution in [0.5, 0.6) is 0 Å². The van der Waals surface area contributed by atoms with Crippen LogP contribution in [0.25, 0.3) is 5.69 Å². The van der Waals surface area contributed by atoms with Crippen molar-refractivity contribution in [2.45, 2.75) is 0 Å². The Balaban J connectivity index is 2.69. The summed E-state index contributed by atoms with van der Waals surface area (Å²) in [6.45, 7) is 0. The predicted octanol–water partition coefficient (Wildman–Crippen LogP) is 2.03. The van der Waals surface area contributed by atoms with Gasteiger partial charge in [-0.3, -0.25) is 4.98 Å². The average molecular weight is 254 g/mol. The second-order valence-corrected chi connectivity index (χ2v) is 3.73. The van der Waals surface area contributed by atoms with Gasteiger partial charge in [-0.1, -0.05) is 23.2 Å². The zero-order valence-corrected chi connectivity index (χ0v) is 9.37. The standard InChI is InChI=1S/C9H5Cl2N5/c10-6-3-14-4-7(11)8(6)16-9(13)5(1-12)2-15-16/h2-4H,13H2. The van der Waals surface area contributed by atoms with E-state index < -0.39 is 0 Å². The van der Waals surface area contributed by atoms with Crippen molar-refractivity contribution in [2.24, 2.45) is 0 Å². The van der Waals surface area contributed by atoms with Crippen molar-refractivity contribution in [3.8, 4) is 11.8 Å². The van der Waals surface area contributed by atoms with Crippen LogP contribution in [-0.4, -0.2) is 14.8 Å². The third-order valence-electron chi connectivity index (χ3n) is 1.97. The largest absolute Gasteiger partial charge is 0.382 e. The molecule has 0 saturated carbocycles. The topological polar surface area (TPSA) is 80.5 Å². The Morgan fingerprint density at radius 2 is 1.88 bits per heavy atom. The summed E-state index contributed by atoms with van der Waals surface area (Å²) in [7, 11) is 0. The second kappa shape index (κ2) is 4.00. The molecule has 2 aromatic rings. The van der Waals surface area contributed by atoms with Gasteiger partial charge in [-0.15, -0.1) is 0 Å². The molecule has 0 bridgehead atoms. The van der Waals surface area contributed by atoms with Crippen molar-refractivity contribution in [2.75, 3.05) is 5.73 Å². The van der Waals surface area contributed by atoms with E-state index in [-0.39, 0.29) is 11.4 Å². The number of aromatic nitrogens is 3. The van der Waals surface area contributed by atoms with Gasteiger partial charge in [0.25, 0.3) is 0 Å². The molecule has 0 atom stereocenters. The van der Waals surface area contributed by atoms with E-state index in [1.54, 1.807) is 0 Å². The highest BCUT2D eigenvalue weighted by Crippen LogP contribution is 2.29. The van der Waals surface area contributed by atoms with Crippen LogP contribution in [0.1, 0.15) is 5.56 Å². The van der Waals surface area contributed by atoms with E-state index in [9.17, 15) is 0 Å². The van der Waals surface area contributed by atoms with Gasteiger partial charge >= 0.3 is 0 Å². The molecule has 2 heterocycles. The number of rotatable bonds is 1. The Hall–Kier alpha value is -1.77. The minimum Gasteiger partial charge on any atom is -0.382 e. The molecule has 2 rings (SSSR count). The fraction of sp³-hybridized carbons (Fsp3) is 0. The van der Waals surface area contributed by atoms with Crippen LogP contribution in [0.2, 0.25) is 10.0 Å². The van der Waals surface area contributed by atoms with Crippen molar-refractivity contribution in [3.05, 3.63) is 34.2 Å². The summed E-state index contributed by atoms with van der Waals surface area (Å²) in [5, 5.41) is 13.3. The van der Waals surface area contributed by atoms with Crippen LogP contribution in [-0.2, 0) is 0 Å². The second-order valence-electron chi connectivity index (χ2n) is 2.92. The fourth-order valence-corrected chi connectivity index (χ4v) is 1.75. The quantitative estimate of drug-likeness (QED) is 0.844. The molecule has 0 fully saturated rings. The van der Waals surface area contributed by atoms with Crippen molar-refractivity contribution >= 4 is 29.0 Å². The highest BCUT2D eigenvalue weighted by molar-refractivity contribution is 6.37. The average Bonchev–Trinajstić information content (AvgIpc) is 2.60. The lowest BCUT2D eigenvalue weighted by atomic mass is 10.3. The molecule has 0 aliphatic carbocycles. The van der Waals surface area contributed by atoms with E-state index in [4.69, 9.17) is 34.2 Å². The minimum absolute atomic E-state index is 0.192. The molecule has 5 nitrogen and oxygen atoms in total. The molecule has 0 unspecified atom stereocenters. The van der Waals surface area contributed by atoms with Crippen LogP contribution in [0.3, 0.4) is 0 Å². The normalized spacial score (nSPS) is 10.1. The first kappa shape index (κ1) is 10.7. The number of anilines is 1. The van der Waals surface area contributed by atoms with Gasteiger partial charge in [0.1, 0.15) is 23.1 Å². The predicted molar refractivity (Wildman–Crippen MR) is 60.5 cm³/mol. The zero-order valence-electron chi connectivity index (χ0n) is 7.85. The smallest absolute Gasteiger partial charge is 0.145 e. The Morgan fingerprint density at radius 1 is 1.25 bits per heavy atom. The third kappa shape index (κ3) is 1.58. The molecule has 0 aliphatic heterocycles. The fourth-order valence-electron chi connectivity index (χ4n) is 1.23. The van der Waals surface area contributed by atoms with E-state index >= 15 is 0 Å². The number of hydrogen-bond acceptors (Lipinski definition) is 4. The maximum Gasteiger partial charge on any atom is 0.145 e. The highest BCUT2D eigenvalue weighted by atomic mass is 35.5. The van der Waals surface area contributed by atoms with Crippen LogP contribution < -0.4 is 5.73 Å². The van der Waals surface area contributed by atoms with Gasteiger partial charge in [0, 0.05) is 12.4 Å². The maximum absolute atomic E-state index is 8.76. The summed E-state index contributed by atoms with van der Waals surface area (Å²) in [6, 6.07) is 1.91. The number of nitrogens with two attached hydrogens (primary N) is 1. The number of halogens is 2. The molecule has 0 aliphatic rings. The van der Waals surface area contributed by atoms with Gasteiger partial charge in [-0.2, -0.15) is 10.4 Å². The van der Waals surface area contributed by atoms with Crippen LogP contribution in [0.4, 0.5) is 5.82 Å². The summed E-state index contributed by atoms with van der Waals surface area (Å²) in [4.78, 5) is 3.82. The molecule has 2 N–H and O–H groups in total. The number of pyridine rings is 1. The van der Waals surface area contributed by atoms with E-state index in [1.165, 1.54) is 23.3 Å². The SMILES string of the molecule is N#Cc1cnn(-c2c(Cl)cncc2Cl)c1N.